The zero-order valence-corrected chi connectivity index (χ0v) is 12.5. The van der Waals surface area contributed by atoms with Crippen LogP contribution in [0.4, 0.5) is 8.78 Å². The van der Waals surface area contributed by atoms with Crippen LogP contribution in [0.5, 0.6) is 0 Å². The van der Waals surface area contributed by atoms with E-state index in [1.165, 1.54) is 28.9 Å². The Kier molecular flexibility index (Phi) is 4.00. The summed E-state index contributed by atoms with van der Waals surface area (Å²) in [7, 11) is 0. The van der Waals surface area contributed by atoms with Crippen molar-refractivity contribution >= 4 is 28.5 Å². The van der Waals surface area contributed by atoms with E-state index in [0.717, 1.165) is 0 Å². The van der Waals surface area contributed by atoms with Gasteiger partial charge in [0.1, 0.15) is 12.5 Å². The molecule has 0 radical (unpaired) electrons. The molecule has 0 spiro atoms. The lowest BCUT2D eigenvalue weighted by Crippen LogP contribution is -2.05. The van der Waals surface area contributed by atoms with Gasteiger partial charge in [-0.2, -0.15) is 5.10 Å². The first-order valence-electron chi connectivity index (χ1n) is 6.72. The molecule has 0 saturated heterocycles. The van der Waals surface area contributed by atoms with E-state index in [0.29, 0.717) is 22.0 Å². The molecule has 3 aromatic rings. The van der Waals surface area contributed by atoms with E-state index in [1.54, 1.807) is 12.1 Å². The molecule has 0 atom stereocenters. The summed E-state index contributed by atoms with van der Waals surface area (Å²) in [6.07, 6.45) is 0. The van der Waals surface area contributed by atoms with Gasteiger partial charge >= 0.3 is 5.97 Å². The average molecular weight is 337 g/mol. The van der Waals surface area contributed by atoms with Gasteiger partial charge in [0.2, 0.25) is 0 Å². The van der Waals surface area contributed by atoms with Crippen LogP contribution in [0.3, 0.4) is 0 Å². The fourth-order valence-corrected chi connectivity index (χ4v) is 2.63. The maximum absolute atomic E-state index is 13.1. The quantitative estimate of drug-likeness (QED) is 0.782. The highest BCUT2D eigenvalue weighted by molar-refractivity contribution is 6.31. The molecule has 0 aliphatic rings. The highest BCUT2D eigenvalue weighted by Gasteiger charge is 2.17. The molecule has 2 aromatic carbocycles. The summed E-state index contributed by atoms with van der Waals surface area (Å²) in [5.41, 5.74) is 1.36. The second-order valence-electron chi connectivity index (χ2n) is 5.03. The Hall–Kier alpha value is -2.47. The molecule has 0 saturated carbocycles. The minimum Gasteiger partial charge on any atom is -0.476 e. The SMILES string of the molecule is O=C(O)c1nn(Cc2ccc(F)cc2Cl)c2ccc(CF)cc12. The summed E-state index contributed by atoms with van der Waals surface area (Å²) in [6, 6.07) is 8.61. The number of hydrogen-bond acceptors (Lipinski definition) is 2. The Bertz CT molecular complexity index is 908. The molecule has 0 unspecified atom stereocenters. The molecule has 1 heterocycles. The van der Waals surface area contributed by atoms with Gasteiger partial charge in [-0.3, -0.25) is 4.68 Å². The van der Waals surface area contributed by atoms with E-state index < -0.39 is 18.5 Å². The molecule has 3 rings (SSSR count). The van der Waals surface area contributed by atoms with Gasteiger partial charge in [-0.25, -0.2) is 13.6 Å². The van der Waals surface area contributed by atoms with Crippen molar-refractivity contribution in [3.05, 3.63) is 64.1 Å². The molecule has 0 fully saturated rings. The smallest absolute Gasteiger partial charge is 0.357 e. The molecular formula is C16H11ClF2N2O2. The zero-order chi connectivity index (χ0) is 16.6. The van der Waals surface area contributed by atoms with Crippen molar-refractivity contribution in [2.24, 2.45) is 0 Å². The van der Waals surface area contributed by atoms with Crippen molar-refractivity contribution in [2.75, 3.05) is 0 Å². The molecule has 0 bridgehead atoms. The minimum atomic E-state index is -1.20. The normalized spacial score (nSPS) is 11.1. The van der Waals surface area contributed by atoms with Gasteiger partial charge in [-0.1, -0.05) is 23.7 Å². The third kappa shape index (κ3) is 2.90. The van der Waals surface area contributed by atoms with Crippen LogP contribution in [0.15, 0.2) is 36.4 Å². The summed E-state index contributed by atoms with van der Waals surface area (Å²) in [5, 5.41) is 13.9. The molecule has 0 aliphatic heterocycles. The molecule has 1 N–H and O–H groups in total. The lowest BCUT2D eigenvalue weighted by atomic mass is 10.1. The number of aromatic nitrogens is 2. The number of benzene rings is 2. The fraction of sp³-hybridized carbons (Fsp3) is 0.125. The van der Waals surface area contributed by atoms with Crippen LogP contribution in [0.1, 0.15) is 21.6 Å². The van der Waals surface area contributed by atoms with Gasteiger partial charge in [0.15, 0.2) is 5.69 Å². The number of carboxylic acids is 1. The van der Waals surface area contributed by atoms with Crippen molar-refractivity contribution in [1.82, 2.24) is 9.78 Å². The Morgan fingerprint density at radius 1 is 1.26 bits per heavy atom. The molecule has 0 aliphatic carbocycles. The van der Waals surface area contributed by atoms with Crippen molar-refractivity contribution in [2.45, 2.75) is 13.2 Å². The van der Waals surface area contributed by atoms with Gasteiger partial charge in [-0.05, 0) is 35.4 Å². The van der Waals surface area contributed by atoms with Gasteiger partial charge in [0.05, 0.1) is 12.1 Å². The first-order valence-corrected chi connectivity index (χ1v) is 7.10. The van der Waals surface area contributed by atoms with Gasteiger partial charge in [-0.15, -0.1) is 0 Å². The molecule has 4 nitrogen and oxygen atoms in total. The monoisotopic (exact) mass is 336 g/mol. The van der Waals surface area contributed by atoms with Crippen molar-refractivity contribution in [3.8, 4) is 0 Å². The van der Waals surface area contributed by atoms with Crippen LogP contribution < -0.4 is 0 Å². The van der Waals surface area contributed by atoms with Gasteiger partial charge in [0.25, 0.3) is 0 Å². The largest absolute Gasteiger partial charge is 0.476 e. The number of carbonyl (C=O) groups is 1. The third-order valence-corrected chi connectivity index (χ3v) is 3.86. The predicted molar refractivity (Wildman–Crippen MR) is 82.0 cm³/mol. The van der Waals surface area contributed by atoms with Crippen LogP contribution in [-0.4, -0.2) is 20.9 Å². The fourth-order valence-electron chi connectivity index (χ4n) is 2.40. The maximum atomic E-state index is 13.1. The van der Waals surface area contributed by atoms with Crippen molar-refractivity contribution in [1.29, 1.82) is 0 Å². The summed E-state index contributed by atoms with van der Waals surface area (Å²) in [4.78, 5) is 11.3. The van der Waals surface area contributed by atoms with Crippen LogP contribution in [0.2, 0.25) is 5.02 Å². The number of fused-ring (bicyclic) bond motifs is 1. The van der Waals surface area contributed by atoms with E-state index in [1.807, 2.05) is 0 Å². The summed E-state index contributed by atoms with van der Waals surface area (Å²) >= 11 is 6.00. The Balaban J connectivity index is 2.12. The number of nitrogens with zero attached hydrogens (tertiary/aromatic N) is 2. The molecule has 23 heavy (non-hydrogen) atoms. The summed E-state index contributed by atoms with van der Waals surface area (Å²) in [5.74, 6) is -1.65. The number of alkyl halides is 1. The van der Waals surface area contributed by atoms with Gasteiger partial charge in [0, 0.05) is 10.4 Å². The molecular weight excluding hydrogens is 326 g/mol. The highest BCUT2D eigenvalue weighted by atomic mass is 35.5. The van der Waals surface area contributed by atoms with E-state index >= 15 is 0 Å². The lowest BCUT2D eigenvalue weighted by Gasteiger charge is -2.06. The average Bonchev–Trinajstić information content (AvgIpc) is 2.88. The third-order valence-electron chi connectivity index (χ3n) is 3.51. The van der Waals surface area contributed by atoms with E-state index in [9.17, 15) is 18.7 Å². The van der Waals surface area contributed by atoms with Crippen molar-refractivity contribution in [3.63, 3.8) is 0 Å². The Morgan fingerprint density at radius 3 is 2.70 bits per heavy atom. The molecule has 1 aromatic heterocycles. The first kappa shape index (κ1) is 15.4. The number of hydrogen-bond donors (Lipinski definition) is 1. The minimum absolute atomic E-state index is 0.159. The predicted octanol–water partition coefficient (Wildman–Crippen LogP) is 4.04. The Morgan fingerprint density at radius 2 is 2.04 bits per heavy atom. The second kappa shape index (κ2) is 5.96. The summed E-state index contributed by atoms with van der Waals surface area (Å²) in [6.45, 7) is -0.512. The standard InChI is InChI=1S/C16H11ClF2N2O2/c17-13-6-11(19)3-2-10(13)8-21-14-4-1-9(7-18)5-12(14)15(20-21)16(22)23/h1-6H,7-8H2,(H,22,23). The Labute approximate surface area is 134 Å². The topological polar surface area (TPSA) is 55.1 Å². The van der Waals surface area contributed by atoms with Gasteiger partial charge < -0.3 is 5.11 Å². The van der Waals surface area contributed by atoms with Crippen LogP contribution >= 0.6 is 11.6 Å². The molecule has 7 heteroatoms. The number of aromatic carboxylic acids is 1. The number of rotatable bonds is 4. The first-order chi connectivity index (χ1) is 11.0. The number of carboxylic acid groups (broad SMARTS) is 1. The van der Waals surface area contributed by atoms with E-state index in [-0.39, 0.29) is 17.3 Å². The molecule has 118 valence electrons. The highest BCUT2D eigenvalue weighted by Crippen LogP contribution is 2.24. The lowest BCUT2D eigenvalue weighted by molar-refractivity contribution is 0.0691. The van der Waals surface area contributed by atoms with Crippen molar-refractivity contribution < 1.29 is 18.7 Å². The summed E-state index contributed by atoms with van der Waals surface area (Å²) < 4.78 is 27.4. The molecule has 0 amide bonds. The van der Waals surface area contributed by atoms with Crippen LogP contribution in [0, 0.1) is 5.82 Å². The second-order valence-corrected chi connectivity index (χ2v) is 5.44. The van der Waals surface area contributed by atoms with Crippen LogP contribution in [-0.2, 0) is 13.2 Å². The van der Waals surface area contributed by atoms with E-state index in [4.69, 9.17) is 11.6 Å². The number of halogens is 3. The van der Waals surface area contributed by atoms with E-state index in [2.05, 4.69) is 5.10 Å². The zero-order valence-electron chi connectivity index (χ0n) is 11.8. The maximum Gasteiger partial charge on any atom is 0.357 e. The van der Waals surface area contributed by atoms with Crippen LogP contribution in [0.25, 0.3) is 10.9 Å².